The smallest absolute Gasteiger partial charge is 0.335 e. The molecule has 43 heavy (non-hydrogen) atoms. The number of carboxylic acid groups (broad SMARTS) is 1. The third-order valence-corrected chi connectivity index (χ3v) is 9.27. The van der Waals surface area contributed by atoms with Crippen LogP contribution in [0, 0.1) is 11.3 Å². The highest BCUT2D eigenvalue weighted by Gasteiger charge is 2.28. The van der Waals surface area contributed by atoms with Crippen molar-refractivity contribution in [3.63, 3.8) is 0 Å². The third kappa shape index (κ3) is 7.10. The summed E-state index contributed by atoms with van der Waals surface area (Å²) in [6.45, 7) is 7.63. The Morgan fingerprint density at radius 1 is 1.05 bits per heavy atom. The molecule has 7 nitrogen and oxygen atoms in total. The van der Waals surface area contributed by atoms with Crippen molar-refractivity contribution < 1.29 is 24.5 Å². The molecule has 0 amide bonds. The van der Waals surface area contributed by atoms with Gasteiger partial charge in [-0.3, -0.25) is 5.41 Å². The molecule has 4 rings (SSSR count). The van der Waals surface area contributed by atoms with Crippen molar-refractivity contribution >= 4 is 68.0 Å². The first-order valence-corrected chi connectivity index (χ1v) is 15.3. The van der Waals surface area contributed by atoms with Crippen molar-refractivity contribution in [3.8, 4) is 11.5 Å². The minimum Gasteiger partial charge on any atom is -0.512 e. The Kier molecular flexibility index (Phi) is 9.96. The van der Waals surface area contributed by atoms with Crippen molar-refractivity contribution in [1.29, 1.82) is 5.41 Å². The van der Waals surface area contributed by atoms with E-state index in [4.69, 9.17) is 54.7 Å². The maximum Gasteiger partial charge on any atom is 0.335 e. The zero-order chi connectivity index (χ0) is 31.6. The number of methoxy groups -OCH3 is 1. The van der Waals surface area contributed by atoms with Crippen LogP contribution in [0.25, 0.3) is 10.2 Å². The second kappa shape index (κ2) is 13.1. The molecule has 1 aromatic heterocycles. The lowest BCUT2D eigenvalue weighted by atomic mass is 9.86. The number of ether oxygens (including phenoxy) is 2. The van der Waals surface area contributed by atoms with Gasteiger partial charge in [-0.2, -0.15) is 0 Å². The Balaban J connectivity index is 1.56. The van der Waals surface area contributed by atoms with E-state index in [9.17, 15) is 15.0 Å². The number of carbonyl (C=O) groups is 1. The molecule has 4 aromatic rings. The van der Waals surface area contributed by atoms with Gasteiger partial charge in [0.05, 0.1) is 43.7 Å². The van der Waals surface area contributed by atoms with Crippen LogP contribution in [0.3, 0.4) is 0 Å². The van der Waals surface area contributed by atoms with Crippen molar-refractivity contribution in [3.05, 3.63) is 96.6 Å². The van der Waals surface area contributed by atoms with Crippen molar-refractivity contribution in [2.24, 2.45) is 5.92 Å². The number of rotatable bonds is 11. The van der Waals surface area contributed by atoms with Crippen LogP contribution in [0.15, 0.2) is 59.9 Å². The number of nitrogens with one attached hydrogen (secondary N) is 1. The van der Waals surface area contributed by atoms with E-state index in [1.165, 1.54) is 24.5 Å². The number of benzene rings is 3. The highest BCUT2D eigenvalue weighted by molar-refractivity contribution is 7.18. The van der Waals surface area contributed by atoms with Gasteiger partial charge >= 0.3 is 5.97 Å². The number of aromatic carboxylic acids is 1. The van der Waals surface area contributed by atoms with E-state index in [2.05, 4.69) is 0 Å². The minimum atomic E-state index is -1.03. The van der Waals surface area contributed by atoms with Crippen LogP contribution >= 0.6 is 46.1 Å². The van der Waals surface area contributed by atoms with Crippen LogP contribution in [0.1, 0.15) is 54.2 Å². The van der Waals surface area contributed by atoms with Gasteiger partial charge in [0.15, 0.2) is 0 Å². The summed E-state index contributed by atoms with van der Waals surface area (Å²) < 4.78 is 12.1. The summed E-state index contributed by atoms with van der Waals surface area (Å²) in [5.41, 5.74) is 1.75. The summed E-state index contributed by atoms with van der Waals surface area (Å²) in [4.78, 5) is 16.4. The van der Waals surface area contributed by atoms with Crippen molar-refractivity contribution in [2.75, 3.05) is 13.7 Å². The van der Waals surface area contributed by atoms with Crippen molar-refractivity contribution in [2.45, 2.75) is 39.5 Å². The first-order chi connectivity index (χ1) is 20.2. The fourth-order valence-electron chi connectivity index (χ4n) is 4.55. The summed E-state index contributed by atoms with van der Waals surface area (Å²) in [7, 11) is 1.49. The Morgan fingerprint density at radius 2 is 1.72 bits per heavy atom. The molecule has 1 heterocycles. The van der Waals surface area contributed by atoms with Crippen LogP contribution in [-0.4, -0.2) is 40.6 Å². The molecule has 0 unspecified atom stereocenters. The minimum absolute atomic E-state index is 0.00777. The van der Waals surface area contributed by atoms with Gasteiger partial charge in [-0.05, 0) is 48.4 Å². The molecule has 0 aliphatic rings. The maximum absolute atomic E-state index is 11.6. The van der Waals surface area contributed by atoms with E-state index in [-0.39, 0.29) is 35.1 Å². The van der Waals surface area contributed by atoms with E-state index in [0.29, 0.717) is 44.1 Å². The molecule has 0 aliphatic carbocycles. The summed E-state index contributed by atoms with van der Waals surface area (Å²) in [5.74, 6) is -0.408. The number of halogens is 3. The number of thiazole rings is 1. The molecular formula is C32H31Cl3N2O5S. The van der Waals surface area contributed by atoms with Crippen LogP contribution in [0.4, 0.5) is 0 Å². The zero-order valence-electron chi connectivity index (χ0n) is 24.2. The van der Waals surface area contributed by atoms with Gasteiger partial charge in [0.25, 0.3) is 0 Å². The van der Waals surface area contributed by atoms with E-state index in [1.807, 2.05) is 33.8 Å². The average molecular weight is 662 g/mol. The Morgan fingerprint density at radius 3 is 2.30 bits per heavy atom. The monoisotopic (exact) mass is 660 g/mol. The van der Waals surface area contributed by atoms with Crippen molar-refractivity contribution in [1.82, 2.24) is 4.98 Å². The second-order valence-electron chi connectivity index (χ2n) is 10.9. The van der Waals surface area contributed by atoms with Crippen LogP contribution in [-0.2, 0) is 11.8 Å². The Bertz CT molecular complexity index is 1730. The number of aliphatic hydroxyl groups excluding tert-OH is 1. The highest BCUT2D eigenvalue weighted by Crippen LogP contribution is 2.39. The molecule has 0 saturated carbocycles. The lowest BCUT2D eigenvalue weighted by Crippen LogP contribution is -2.20. The predicted molar refractivity (Wildman–Crippen MR) is 175 cm³/mol. The number of hydrogen-bond donors (Lipinski definition) is 3. The van der Waals surface area contributed by atoms with E-state index in [0.717, 1.165) is 15.3 Å². The quantitative estimate of drug-likeness (QED) is 0.109. The molecule has 11 heteroatoms. The number of fused-ring (bicyclic) bond motifs is 1. The molecule has 3 aromatic carbocycles. The molecular weight excluding hydrogens is 631 g/mol. The lowest BCUT2D eigenvalue weighted by Gasteiger charge is -2.23. The van der Waals surface area contributed by atoms with Crippen LogP contribution < -0.4 is 9.47 Å². The lowest BCUT2D eigenvalue weighted by molar-refractivity contribution is 0.0696. The number of nitrogens with zero attached hydrogens (tertiary/aromatic N) is 1. The summed E-state index contributed by atoms with van der Waals surface area (Å²) in [6.07, 6.45) is 0.551. The van der Waals surface area contributed by atoms with Gasteiger partial charge in [0.1, 0.15) is 29.4 Å². The molecule has 0 radical (unpaired) electrons. The fourth-order valence-corrected chi connectivity index (χ4v) is 6.49. The summed E-state index contributed by atoms with van der Waals surface area (Å²) >= 11 is 20.8. The van der Waals surface area contributed by atoms with E-state index in [1.54, 1.807) is 36.4 Å². The second-order valence-corrected chi connectivity index (χ2v) is 13.2. The van der Waals surface area contributed by atoms with E-state index >= 15 is 0 Å². The van der Waals surface area contributed by atoms with Gasteiger partial charge in [-0.25, -0.2) is 9.78 Å². The standard InChI is InChI=1S/C32H31Cl3N2O5S/c1-16(2)29(38)20(27(36)26-21(33)7-6-8-22(26)34)15-42-19-10-9-17(23(35)13-19)14-32(3,4)31-37-28-24(41-5)11-18(30(39)40)12-25(28)43-31/h6-13,16,36,38H,14-15H2,1-5H3,(H,39,40)/b29-20-,36-27?. The molecule has 0 spiro atoms. The Labute approximate surface area is 269 Å². The van der Waals surface area contributed by atoms with Gasteiger partial charge in [-0.1, -0.05) is 74.6 Å². The first-order valence-electron chi connectivity index (χ1n) is 13.3. The molecule has 0 atom stereocenters. The molecule has 0 aliphatic heterocycles. The van der Waals surface area contributed by atoms with Gasteiger partial charge < -0.3 is 19.7 Å². The number of aromatic nitrogens is 1. The number of carboxylic acids is 1. The normalized spacial score (nSPS) is 12.4. The summed E-state index contributed by atoms with van der Waals surface area (Å²) in [5, 5.41) is 31.0. The SMILES string of the molecule is COc1cc(C(=O)O)cc2sc(C(C)(C)Cc3ccc(OC/C(C(=N)c4c(Cl)cccc4Cl)=C(/O)C(C)C)cc3Cl)nc12. The maximum atomic E-state index is 11.6. The largest absolute Gasteiger partial charge is 0.512 e. The predicted octanol–water partition coefficient (Wildman–Crippen LogP) is 9.40. The number of hydrogen-bond acceptors (Lipinski definition) is 7. The Hall–Kier alpha value is -3.30. The number of allylic oxidation sites excluding steroid dienone is 1. The molecule has 0 fully saturated rings. The number of aliphatic hydroxyl groups is 1. The van der Waals surface area contributed by atoms with Gasteiger partial charge in [0.2, 0.25) is 0 Å². The van der Waals surface area contributed by atoms with Crippen LogP contribution in [0.5, 0.6) is 11.5 Å². The first kappa shape index (κ1) is 32.6. The van der Waals surface area contributed by atoms with Gasteiger partial charge in [-0.15, -0.1) is 11.3 Å². The molecule has 3 N–H and O–H groups in total. The summed E-state index contributed by atoms with van der Waals surface area (Å²) in [6, 6.07) is 13.4. The zero-order valence-corrected chi connectivity index (χ0v) is 27.3. The van der Waals surface area contributed by atoms with Crippen LogP contribution in [0.2, 0.25) is 15.1 Å². The van der Waals surface area contributed by atoms with Gasteiger partial charge in [0, 0.05) is 21.9 Å². The average Bonchev–Trinajstić information content (AvgIpc) is 3.39. The topological polar surface area (TPSA) is 113 Å². The third-order valence-electron chi connectivity index (χ3n) is 6.92. The highest BCUT2D eigenvalue weighted by atomic mass is 35.5. The molecule has 0 bridgehead atoms. The molecule has 226 valence electrons. The van der Waals surface area contributed by atoms with E-state index < -0.39 is 11.4 Å². The molecule has 0 saturated heterocycles. The fraction of sp³-hybridized carbons (Fsp3) is 0.281.